The highest BCUT2D eigenvalue weighted by Crippen LogP contribution is 2.44. The summed E-state index contributed by atoms with van der Waals surface area (Å²) in [5, 5.41) is 5.95. The fourth-order valence-electron chi connectivity index (χ4n) is 4.94. The molecule has 0 aliphatic carbocycles. The van der Waals surface area contributed by atoms with Crippen molar-refractivity contribution in [1.29, 1.82) is 0 Å². The quantitative estimate of drug-likeness (QED) is 0.346. The van der Waals surface area contributed by atoms with Crippen LogP contribution in [0.1, 0.15) is 57.6 Å². The van der Waals surface area contributed by atoms with Crippen LogP contribution in [0.15, 0.2) is 59.7 Å². The third-order valence-corrected chi connectivity index (χ3v) is 6.45. The Labute approximate surface area is 200 Å². The van der Waals surface area contributed by atoms with E-state index in [1.807, 2.05) is 48.5 Å². The number of fused-ring (bicyclic) bond motifs is 2. The Morgan fingerprint density at radius 1 is 1.24 bits per heavy atom. The van der Waals surface area contributed by atoms with Gasteiger partial charge in [0.05, 0.1) is 6.21 Å². The van der Waals surface area contributed by atoms with Crippen molar-refractivity contribution in [2.75, 3.05) is 18.1 Å². The summed E-state index contributed by atoms with van der Waals surface area (Å²) >= 11 is 0. The molecule has 1 unspecified atom stereocenters. The molecule has 3 aromatic rings. The number of hydrogen-bond donors (Lipinski definition) is 1. The van der Waals surface area contributed by atoms with Gasteiger partial charge in [0.15, 0.2) is 6.61 Å². The molecule has 1 N–H and O–H groups in total. The number of benzene rings is 3. The van der Waals surface area contributed by atoms with Gasteiger partial charge in [-0.15, -0.1) is 0 Å². The first-order valence-corrected chi connectivity index (χ1v) is 11.8. The number of hydrogen-bond acceptors (Lipinski definition) is 4. The number of carbonyl (C=O) groups excluding carboxylic acids is 1. The van der Waals surface area contributed by atoms with Crippen molar-refractivity contribution in [3.05, 3.63) is 71.5 Å². The number of rotatable bonds is 7. The molecule has 0 radical (unpaired) electrons. The van der Waals surface area contributed by atoms with Crippen molar-refractivity contribution in [1.82, 2.24) is 5.43 Å². The van der Waals surface area contributed by atoms with Crippen molar-refractivity contribution < 1.29 is 13.9 Å². The van der Waals surface area contributed by atoms with Gasteiger partial charge < -0.3 is 9.64 Å². The molecule has 34 heavy (non-hydrogen) atoms. The number of carbonyl (C=O) groups is 1. The summed E-state index contributed by atoms with van der Waals surface area (Å²) in [5.74, 6) is 0.169. The first-order chi connectivity index (χ1) is 16.3. The highest BCUT2D eigenvalue weighted by molar-refractivity contribution is 5.89. The van der Waals surface area contributed by atoms with E-state index in [1.165, 1.54) is 6.21 Å². The zero-order valence-electron chi connectivity index (χ0n) is 20.3. The predicted molar refractivity (Wildman–Crippen MR) is 136 cm³/mol. The van der Waals surface area contributed by atoms with Gasteiger partial charge in [0.2, 0.25) is 0 Å². The summed E-state index contributed by atoms with van der Waals surface area (Å²) in [6.07, 6.45) is 3.35. The fraction of sp³-hybridized carbons (Fsp3) is 0.357. The van der Waals surface area contributed by atoms with Gasteiger partial charge in [0.1, 0.15) is 11.6 Å². The largest absolute Gasteiger partial charge is 0.483 e. The van der Waals surface area contributed by atoms with Crippen LogP contribution in [0.25, 0.3) is 10.8 Å². The molecule has 0 saturated carbocycles. The number of nitrogens with zero attached hydrogens (tertiary/aromatic N) is 2. The van der Waals surface area contributed by atoms with Crippen LogP contribution >= 0.6 is 0 Å². The van der Waals surface area contributed by atoms with E-state index >= 15 is 0 Å². The summed E-state index contributed by atoms with van der Waals surface area (Å²) in [4.78, 5) is 14.6. The molecule has 1 atom stereocenters. The van der Waals surface area contributed by atoms with E-state index in [0.717, 1.165) is 41.4 Å². The molecular weight excluding hydrogens is 429 g/mol. The van der Waals surface area contributed by atoms with E-state index in [2.05, 4.69) is 43.1 Å². The van der Waals surface area contributed by atoms with Crippen LogP contribution in [0.5, 0.6) is 5.75 Å². The van der Waals surface area contributed by atoms with Crippen molar-refractivity contribution in [3.8, 4) is 5.75 Å². The van der Waals surface area contributed by atoms with Crippen LogP contribution in [0.4, 0.5) is 10.1 Å². The highest BCUT2D eigenvalue weighted by atomic mass is 19.1. The lowest BCUT2D eigenvalue weighted by Gasteiger charge is -2.47. The Kier molecular flexibility index (Phi) is 6.87. The smallest absolute Gasteiger partial charge is 0.277 e. The molecule has 0 fully saturated rings. The SMILES string of the molecule is CCCN1c2cc(F)c(/C=N/NC(=O)COc3cccc4ccccc34)cc2C(C)CC1(C)C. The third-order valence-electron chi connectivity index (χ3n) is 6.45. The summed E-state index contributed by atoms with van der Waals surface area (Å²) in [5.41, 5.74) is 4.84. The van der Waals surface area contributed by atoms with Crippen molar-refractivity contribution in [2.24, 2.45) is 5.10 Å². The van der Waals surface area contributed by atoms with Crippen LogP contribution < -0.4 is 15.1 Å². The Morgan fingerprint density at radius 2 is 2.00 bits per heavy atom. The maximum atomic E-state index is 15.0. The molecule has 3 aromatic carbocycles. The lowest BCUT2D eigenvalue weighted by molar-refractivity contribution is -0.123. The van der Waals surface area contributed by atoms with Crippen molar-refractivity contribution >= 4 is 28.6 Å². The number of anilines is 1. The number of ether oxygens (including phenoxy) is 1. The molecule has 1 amide bonds. The second-order valence-electron chi connectivity index (χ2n) is 9.56. The lowest BCUT2D eigenvalue weighted by Crippen LogP contribution is -2.48. The molecule has 178 valence electrons. The Balaban J connectivity index is 1.44. The first-order valence-electron chi connectivity index (χ1n) is 11.8. The monoisotopic (exact) mass is 461 g/mol. The van der Waals surface area contributed by atoms with Crippen LogP contribution in [-0.2, 0) is 4.79 Å². The Hall–Kier alpha value is -3.41. The molecule has 0 bridgehead atoms. The zero-order chi connectivity index (χ0) is 24.3. The number of amides is 1. The van der Waals surface area contributed by atoms with Gasteiger partial charge in [-0.2, -0.15) is 5.10 Å². The second kappa shape index (κ2) is 9.84. The summed E-state index contributed by atoms with van der Waals surface area (Å²) in [7, 11) is 0. The summed E-state index contributed by atoms with van der Waals surface area (Å²) in [6, 6.07) is 17.0. The average Bonchev–Trinajstić information content (AvgIpc) is 2.80. The molecule has 0 spiro atoms. The molecule has 0 aromatic heterocycles. The molecule has 1 heterocycles. The standard InChI is InChI=1S/C28H32FN3O2/c1-5-13-32-25-15-24(29)21(14-23(25)19(2)16-28(32,3)4)17-30-31-27(33)18-34-26-12-8-10-20-9-6-7-11-22(20)26/h6-12,14-15,17,19H,5,13,16,18H2,1-4H3,(H,31,33)/b30-17+. The van der Waals surface area contributed by atoms with Gasteiger partial charge in [-0.25, -0.2) is 9.82 Å². The maximum absolute atomic E-state index is 15.0. The van der Waals surface area contributed by atoms with E-state index in [9.17, 15) is 9.18 Å². The Morgan fingerprint density at radius 3 is 2.79 bits per heavy atom. The van der Waals surface area contributed by atoms with Gasteiger partial charge in [-0.05, 0) is 61.8 Å². The van der Waals surface area contributed by atoms with E-state index in [4.69, 9.17) is 4.74 Å². The van der Waals surface area contributed by atoms with Crippen molar-refractivity contribution in [2.45, 2.75) is 52.0 Å². The summed E-state index contributed by atoms with van der Waals surface area (Å²) in [6.45, 7) is 9.44. The lowest BCUT2D eigenvalue weighted by atomic mass is 9.79. The van der Waals surface area contributed by atoms with Gasteiger partial charge in [0.25, 0.3) is 5.91 Å². The normalized spacial score (nSPS) is 17.1. The first kappa shape index (κ1) is 23.7. The zero-order valence-corrected chi connectivity index (χ0v) is 20.3. The minimum atomic E-state index is -0.410. The van der Waals surface area contributed by atoms with Gasteiger partial charge in [0, 0.05) is 28.7 Å². The van der Waals surface area contributed by atoms with Gasteiger partial charge in [-0.3, -0.25) is 4.79 Å². The third kappa shape index (κ3) is 4.91. The van der Waals surface area contributed by atoms with E-state index in [0.29, 0.717) is 17.2 Å². The van der Waals surface area contributed by atoms with Gasteiger partial charge in [-0.1, -0.05) is 50.2 Å². The molecule has 0 saturated heterocycles. The fourth-order valence-corrected chi connectivity index (χ4v) is 4.94. The Bertz CT molecular complexity index is 1220. The molecule has 5 nitrogen and oxygen atoms in total. The summed E-state index contributed by atoms with van der Waals surface area (Å²) < 4.78 is 20.6. The minimum Gasteiger partial charge on any atom is -0.483 e. The molecule has 6 heteroatoms. The van der Waals surface area contributed by atoms with Crippen molar-refractivity contribution in [3.63, 3.8) is 0 Å². The van der Waals surface area contributed by atoms with Crippen LogP contribution in [0.2, 0.25) is 0 Å². The van der Waals surface area contributed by atoms with E-state index < -0.39 is 5.91 Å². The number of nitrogens with one attached hydrogen (secondary N) is 1. The molecular formula is C28H32FN3O2. The number of hydrazone groups is 1. The van der Waals surface area contributed by atoms with Crippen LogP contribution in [0.3, 0.4) is 0 Å². The molecule has 4 rings (SSSR count). The number of halogens is 1. The topological polar surface area (TPSA) is 53.9 Å². The van der Waals surface area contributed by atoms with Gasteiger partial charge >= 0.3 is 0 Å². The predicted octanol–water partition coefficient (Wildman–Crippen LogP) is 6.01. The molecule has 1 aliphatic rings. The van der Waals surface area contributed by atoms with E-state index in [-0.39, 0.29) is 18.0 Å². The highest BCUT2D eigenvalue weighted by Gasteiger charge is 2.36. The van der Waals surface area contributed by atoms with E-state index in [1.54, 1.807) is 6.07 Å². The molecule has 1 aliphatic heterocycles. The van der Waals surface area contributed by atoms with Crippen LogP contribution in [-0.4, -0.2) is 30.8 Å². The minimum absolute atomic E-state index is 0.0253. The second-order valence-corrected chi connectivity index (χ2v) is 9.56. The average molecular weight is 462 g/mol. The van der Waals surface area contributed by atoms with Crippen LogP contribution in [0, 0.1) is 5.82 Å². The maximum Gasteiger partial charge on any atom is 0.277 e.